The van der Waals surface area contributed by atoms with Gasteiger partial charge in [0.05, 0.1) is 15.1 Å². The Labute approximate surface area is 204 Å². The van der Waals surface area contributed by atoms with Gasteiger partial charge in [-0.05, 0) is 82.7 Å². The summed E-state index contributed by atoms with van der Waals surface area (Å²) in [5.74, 6) is -0.195. The lowest BCUT2D eigenvalue weighted by Gasteiger charge is -2.23. The van der Waals surface area contributed by atoms with Gasteiger partial charge in [-0.25, -0.2) is 8.42 Å². The predicted octanol–water partition coefficient (Wildman–Crippen LogP) is 6.16. The third kappa shape index (κ3) is 6.24. The SMILES string of the molecule is CCCCc1ccc(N(C(=O)COc2ccc(CC)cc2Br)S(=O)(=O)c2ccccc2)cc1. The largest absolute Gasteiger partial charge is 0.483 e. The molecule has 0 heterocycles. The van der Waals surface area contributed by atoms with Gasteiger partial charge in [0.1, 0.15) is 5.75 Å². The number of carbonyl (C=O) groups excluding carboxylic acids is 1. The van der Waals surface area contributed by atoms with Crippen molar-refractivity contribution in [3.8, 4) is 5.75 Å². The number of sulfonamides is 1. The monoisotopic (exact) mass is 529 g/mol. The Hall–Kier alpha value is -2.64. The van der Waals surface area contributed by atoms with Crippen LogP contribution in [0, 0.1) is 0 Å². The molecule has 0 fully saturated rings. The molecule has 174 valence electrons. The Morgan fingerprint density at radius 1 is 0.939 bits per heavy atom. The Kier molecular flexibility index (Phi) is 8.69. The molecule has 7 heteroatoms. The summed E-state index contributed by atoms with van der Waals surface area (Å²) < 4.78 is 34.1. The highest BCUT2D eigenvalue weighted by atomic mass is 79.9. The fourth-order valence-electron chi connectivity index (χ4n) is 3.37. The predicted molar refractivity (Wildman–Crippen MR) is 135 cm³/mol. The lowest BCUT2D eigenvalue weighted by Crippen LogP contribution is -2.40. The average molecular weight is 530 g/mol. The minimum absolute atomic E-state index is 0.0434. The van der Waals surface area contributed by atoms with E-state index in [0.717, 1.165) is 41.1 Å². The minimum Gasteiger partial charge on any atom is -0.483 e. The van der Waals surface area contributed by atoms with Crippen LogP contribution in [0.2, 0.25) is 0 Å². The van der Waals surface area contributed by atoms with Gasteiger partial charge in [-0.1, -0.05) is 56.7 Å². The second-order valence-electron chi connectivity index (χ2n) is 7.65. The average Bonchev–Trinajstić information content (AvgIpc) is 2.83. The van der Waals surface area contributed by atoms with Gasteiger partial charge in [0.25, 0.3) is 15.9 Å². The minimum atomic E-state index is -4.12. The standard InChI is InChI=1S/C26H28BrNO4S/c1-3-5-9-21-12-15-22(16-13-21)28(33(30,31)23-10-7-6-8-11-23)26(29)19-32-25-17-14-20(4-2)18-24(25)27/h6-8,10-18H,3-5,9,19H2,1-2H3. The van der Waals surface area contributed by atoms with Crippen LogP contribution in [0.1, 0.15) is 37.8 Å². The van der Waals surface area contributed by atoms with Crippen LogP contribution in [0.4, 0.5) is 5.69 Å². The molecule has 0 aromatic heterocycles. The second kappa shape index (κ2) is 11.5. The first-order valence-corrected chi connectivity index (χ1v) is 13.2. The maximum atomic E-state index is 13.4. The van der Waals surface area contributed by atoms with Gasteiger partial charge in [0.15, 0.2) is 6.61 Å². The molecule has 0 saturated heterocycles. The fourth-order valence-corrected chi connectivity index (χ4v) is 5.35. The van der Waals surface area contributed by atoms with Crippen molar-refractivity contribution in [3.63, 3.8) is 0 Å². The van der Waals surface area contributed by atoms with Gasteiger partial charge >= 0.3 is 0 Å². The van der Waals surface area contributed by atoms with E-state index in [0.29, 0.717) is 10.2 Å². The van der Waals surface area contributed by atoms with Crippen LogP contribution >= 0.6 is 15.9 Å². The molecule has 0 unspecified atom stereocenters. The van der Waals surface area contributed by atoms with Crippen LogP contribution in [0.5, 0.6) is 5.75 Å². The summed E-state index contributed by atoms with van der Waals surface area (Å²) in [6.45, 7) is 3.74. The van der Waals surface area contributed by atoms with E-state index in [4.69, 9.17) is 4.74 Å². The zero-order chi connectivity index (χ0) is 23.8. The summed E-state index contributed by atoms with van der Waals surface area (Å²) in [7, 11) is -4.12. The number of hydrogen-bond donors (Lipinski definition) is 0. The third-order valence-electron chi connectivity index (χ3n) is 5.25. The number of nitrogens with zero attached hydrogens (tertiary/aromatic N) is 1. The van der Waals surface area contributed by atoms with Gasteiger partial charge < -0.3 is 4.74 Å². The molecule has 0 radical (unpaired) electrons. The van der Waals surface area contributed by atoms with Crippen molar-refractivity contribution in [1.82, 2.24) is 0 Å². The molecule has 0 atom stereocenters. The molecule has 0 spiro atoms. The van der Waals surface area contributed by atoms with Crippen molar-refractivity contribution in [2.24, 2.45) is 0 Å². The molecule has 33 heavy (non-hydrogen) atoms. The molecule has 0 bridgehead atoms. The van der Waals surface area contributed by atoms with E-state index in [1.54, 1.807) is 36.4 Å². The summed E-state index contributed by atoms with van der Waals surface area (Å²) >= 11 is 3.46. The van der Waals surface area contributed by atoms with E-state index in [9.17, 15) is 13.2 Å². The second-order valence-corrected chi connectivity index (χ2v) is 10.3. The van der Waals surface area contributed by atoms with Crippen molar-refractivity contribution in [1.29, 1.82) is 0 Å². The summed E-state index contributed by atoms with van der Waals surface area (Å²) in [6.07, 6.45) is 3.89. The Morgan fingerprint density at radius 3 is 2.21 bits per heavy atom. The number of halogens is 1. The molecular weight excluding hydrogens is 502 g/mol. The van der Waals surface area contributed by atoms with Crippen molar-refractivity contribution in [3.05, 3.63) is 88.4 Å². The molecule has 3 rings (SSSR count). The number of rotatable bonds is 10. The van der Waals surface area contributed by atoms with E-state index in [-0.39, 0.29) is 10.6 Å². The number of benzene rings is 3. The summed E-state index contributed by atoms with van der Waals surface area (Å²) in [5, 5.41) is 0. The molecule has 3 aromatic carbocycles. The van der Waals surface area contributed by atoms with Crippen molar-refractivity contribution < 1.29 is 17.9 Å². The van der Waals surface area contributed by atoms with E-state index in [2.05, 4.69) is 22.9 Å². The number of aryl methyl sites for hydroxylation is 2. The lowest BCUT2D eigenvalue weighted by molar-refractivity contribution is -0.119. The molecular formula is C26H28BrNO4S. The maximum absolute atomic E-state index is 13.4. The number of anilines is 1. The maximum Gasteiger partial charge on any atom is 0.278 e. The Bertz CT molecular complexity index is 1180. The number of hydrogen-bond acceptors (Lipinski definition) is 4. The number of ether oxygens (including phenoxy) is 1. The molecule has 0 aliphatic carbocycles. The van der Waals surface area contributed by atoms with Crippen LogP contribution in [-0.2, 0) is 27.7 Å². The molecule has 0 aliphatic rings. The summed E-state index contributed by atoms with van der Waals surface area (Å²) in [6, 6.07) is 20.6. The highest BCUT2D eigenvalue weighted by Gasteiger charge is 2.31. The van der Waals surface area contributed by atoms with Crippen LogP contribution in [0.25, 0.3) is 0 Å². The fraction of sp³-hybridized carbons (Fsp3) is 0.269. The quantitative estimate of drug-likeness (QED) is 0.315. The normalized spacial score (nSPS) is 11.2. The highest BCUT2D eigenvalue weighted by Crippen LogP contribution is 2.28. The first kappa shape index (κ1) is 25.0. The smallest absolute Gasteiger partial charge is 0.278 e. The van der Waals surface area contributed by atoms with Gasteiger partial charge in [0.2, 0.25) is 0 Å². The van der Waals surface area contributed by atoms with Crippen molar-refractivity contribution >= 4 is 37.5 Å². The summed E-state index contributed by atoms with van der Waals surface area (Å²) in [4.78, 5) is 13.3. The zero-order valence-corrected chi connectivity index (χ0v) is 21.2. The molecule has 0 saturated carbocycles. The third-order valence-corrected chi connectivity index (χ3v) is 7.64. The highest BCUT2D eigenvalue weighted by molar-refractivity contribution is 9.10. The molecule has 3 aromatic rings. The molecule has 1 amide bonds. The van der Waals surface area contributed by atoms with E-state index in [1.165, 1.54) is 12.1 Å². The van der Waals surface area contributed by atoms with E-state index in [1.807, 2.05) is 31.2 Å². The van der Waals surface area contributed by atoms with Crippen LogP contribution in [-0.4, -0.2) is 20.9 Å². The van der Waals surface area contributed by atoms with Crippen molar-refractivity contribution in [2.75, 3.05) is 10.9 Å². The Morgan fingerprint density at radius 2 is 1.61 bits per heavy atom. The number of unbranched alkanes of at least 4 members (excludes halogenated alkanes) is 1. The first-order valence-electron chi connectivity index (χ1n) is 11.0. The molecule has 0 N–H and O–H groups in total. The van der Waals surface area contributed by atoms with Gasteiger partial charge in [0, 0.05) is 0 Å². The van der Waals surface area contributed by atoms with E-state index >= 15 is 0 Å². The zero-order valence-electron chi connectivity index (χ0n) is 18.8. The Balaban J connectivity index is 1.90. The number of amides is 1. The molecule has 5 nitrogen and oxygen atoms in total. The lowest BCUT2D eigenvalue weighted by atomic mass is 10.1. The van der Waals surface area contributed by atoms with Crippen molar-refractivity contribution in [2.45, 2.75) is 44.4 Å². The van der Waals surface area contributed by atoms with Crippen LogP contribution < -0.4 is 9.04 Å². The molecule has 0 aliphatic heterocycles. The first-order chi connectivity index (χ1) is 15.9. The van der Waals surface area contributed by atoms with Crippen LogP contribution in [0.15, 0.2) is 82.2 Å². The van der Waals surface area contributed by atoms with Gasteiger partial charge in [-0.3, -0.25) is 4.79 Å². The topological polar surface area (TPSA) is 63.7 Å². The van der Waals surface area contributed by atoms with E-state index < -0.39 is 22.5 Å². The van der Waals surface area contributed by atoms with Gasteiger partial charge in [-0.2, -0.15) is 4.31 Å². The van der Waals surface area contributed by atoms with Gasteiger partial charge in [-0.15, -0.1) is 0 Å². The number of carbonyl (C=O) groups is 1. The van der Waals surface area contributed by atoms with Crippen LogP contribution in [0.3, 0.4) is 0 Å². The summed E-state index contributed by atoms with van der Waals surface area (Å²) in [5.41, 5.74) is 2.51.